The minimum atomic E-state index is -0.971. The van der Waals surface area contributed by atoms with Crippen molar-refractivity contribution >= 4 is 28.5 Å². The number of hydrogen-bond acceptors (Lipinski definition) is 3. The first-order valence-electron chi connectivity index (χ1n) is 10.3. The van der Waals surface area contributed by atoms with Crippen LogP contribution in [0, 0.1) is 0 Å². The van der Waals surface area contributed by atoms with E-state index in [0.29, 0.717) is 17.4 Å². The van der Waals surface area contributed by atoms with Gasteiger partial charge >= 0.3 is 5.97 Å². The fourth-order valence-electron chi connectivity index (χ4n) is 3.89. The molecule has 0 saturated heterocycles. The number of aromatic nitrogens is 3. The molecular weight excluding hydrogens is 414 g/mol. The highest BCUT2D eigenvalue weighted by molar-refractivity contribution is 6.30. The quantitative estimate of drug-likeness (QED) is 0.403. The summed E-state index contributed by atoms with van der Waals surface area (Å²) in [6.07, 6.45) is 2.84. The Morgan fingerprint density at radius 2 is 1.87 bits per heavy atom. The predicted octanol–water partition coefficient (Wildman–Crippen LogP) is 5.06. The highest BCUT2D eigenvalue weighted by Crippen LogP contribution is 2.26. The van der Waals surface area contributed by atoms with E-state index in [1.807, 2.05) is 53.1 Å². The number of carbonyl (C=O) groups is 1. The van der Waals surface area contributed by atoms with E-state index in [4.69, 9.17) is 11.6 Å². The van der Waals surface area contributed by atoms with Crippen molar-refractivity contribution in [1.29, 1.82) is 0 Å². The van der Waals surface area contributed by atoms with E-state index in [1.165, 1.54) is 0 Å². The molecule has 31 heavy (non-hydrogen) atoms. The third-order valence-corrected chi connectivity index (χ3v) is 5.77. The highest BCUT2D eigenvalue weighted by Gasteiger charge is 2.17. The number of nitrogens with zero attached hydrogens (tertiary/aromatic N) is 3. The summed E-state index contributed by atoms with van der Waals surface area (Å²) >= 11 is 6.24. The molecule has 2 heterocycles. The lowest BCUT2D eigenvalue weighted by molar-refractivity contribution is 0.0688. The van der Waals surface area contributed by atoms with E-state index in [0.717, 1.165) is 47.2 Å². The van der Waals surface area contributed by atoms with Crippen molar-refractivity contribution in [3.63, 3.8) is 0 Å². The van der Waals surface area contributed by atoms with Gasteiger partial charge in [0.1, 0.15) is 11.5 Å². The number of carboxylic acid groups (broad SMARTS) is 1. The number of halogens is 1. The molecule has 0 spiro atoms. The fraction of sp³-hybridized carbons (Fsp3) is 0.250. The molecular formula is C24H24ClN3O3. The van der Waals surface area contributed by atoms with Gasteiger partial charge in [0.25, 0.3) is 0 Å². The van der Waals surface area contributed by atoms with Crippen molar-refractivity contribution in [3.8, 4) is 5.69 Å². The van der Waals surface area contributed by atoms with E-state index in [-0.39, 0.29) is 12.3 Å². The van der Waals surface area contributed by atoms with E-state index >= 15 is 0 Å². The summed E-state index contributed by atoms with van der Waals surface area (Å²) in [5.74, 6) is -0.106. The SMILES string of the molecule is CCCCc1nc(Cl)c(CO)n1Cc1ccc(-n2c(C(=O)O)cc3ccccc32)cc1. The number of carboxylic acids is 1. The van der Waals surface area contributed by atoms with E-state index in [9.17, 15) is 15.0 Å². The predicted molar refractivity (Wildman–Crippen MR) is 121 cm³/mol. The molecule has 6 nitrogen and oxygen atoms in total. The van der Waals surface area contributed by atoms with Crippen LogP contribution in [0.2, 0.25) is 5.15 Å². The Bertz CT molecular complexity index is 1230. The molecule has 0 atom stereocenters. The zero-order valence-electron chi connectivity index (χ0n) is 17.3. The maximum Gasteiger partial charge on any atom is 0.352 e. The number of hydrogen-bond donors (Lipinski definition) is 2. The van der Waals surface area contributed by atoms with Crippen molar-refractivity contribution in [2.45, 2.75) is 39.3 Å². The molecule has 0 aliphatic rings. The number of para-hydroxylation sites is 1. The Balaban J connectivity index is 1.69. The van der Waals surface area contributed by atoms with Gasteiger partial charge in [-0.3, -0.25) is 0 Å². The van der Waals surface area contributed by atoms with Crippen molar-refractivity contribution in [2.75, 3.05) is 0 Å². The van der Waals surface area contributed by atoms with Gasteiger partial charge in [0.05, 0.1) is 17.8 Å². The zero-order chi connectivity index (χ0) is 22.0. The first-order chi connectivity index (χ1) is 15.0. The number of aryl methyl sites for hydroxylation is 1. The minimum Gasteiger partial charge on any atom is -0.477 e. The molecule has 7 heteroatoms. The topological polar surface area (TPSA) is 80.3 Å². The zero-order valence-corrected chi connectivity index (χ0v) is 18.0. The van der Waals surface area contributed by atoms with Gasteiger partial charge < -0.3 is 19.3 Å². The smallest absolute Gasteiger partial charge is 0.352 e. The van der Waals surface area contributed by atoms with Gasteiger partial charge in [-0.25, -0.2) is 9.78 Å². The number of aliphatic hydroxyl groups is 1. The second-order valence-corrected chi connectivity index (χ2v) is 7.87. The molecule has 2 aromatic carbocycles. The minimum absolute atomic E-state index is 0.173. The first kappa shape index (κ1) is 21.2. The van der Waals surface area contributed by atoms with Crippen molar-refractivity contribution in [2.24, 2.45) is 0 Å². The van der Waals surface area contributed by atoms with Crippen molar-refractivity contribution in [1.82, 2.24) is 14.1 Å². The number of aliphatic hydroxyl groups excluding tert-OH is 1. The lowest BCUT2D eigenvalue weighted by Gasteiger charge is -2.13. The number of rotatable bonds is 8. The molecule has 0 bridgehead atoms. The molecule has 4 rings (SSSR count). The molecule has 0 unspecified atom stereocenters. The molecule has 0 aliphatic carbocycles. The van der Waals surface area contributed by atoms with E-state index in [1.54, 1.807) is 10.6 Å². The van der Waals surface area contributed by atoms with Crippen LogP contribution < -0.4 is 0 Å². The standard InChI is InChI=1S/C24H24ClN3O3/c1-2-3-8-22-26-23(25)21(15-29)27(22)14-16-9-11-18(12-10-16)28-19-7-5-4-6-17(19)13-20(28)24(30)31/h4-7,9-13,29H,2-3,8,14-15H2,1H3,(H,30,31). The fourth-order valence-corrected chi connectivity index (χ4v) is 4.15. The van der Waals surface area contributed by atoms with Crippen LogP contribution in [0.5, 0.6) is 0 Å². The molecule has 4 aromatic rings. The summed E-state index contributed by atoms with van der Waals surface area (Å²) in [5.41, 5.74) is 3.47. The number of unbranched alkanes of at least 4 members (excludes halogenated alkanes) is 1. The van der Waals surface area contributed by atoms with Crippen molar-refractivity contribution < 1.29 is 15.0 Å². The number of imidazole rings is 1. The summed E-state index contributed by atoms with van der Waals surface area (Å²) in [4.78, 5) is 16.2. The largest absolute Gasteiger partial charge is 0.477 e. The Labute approximate surface area is 185 Å². The summed E-state index contributed by atoms with van der Waals surface area (Å²) < 4.78 is 3.72. The Kier molecular flexibility index (Phi) is 6.11. The monoisotopic (exact) mass is 437 g/mol. The second-order valence-electron chi connectivity index (χ2n) is 7.51. The van der Waals surface area contributed by atoms with Gasteiger partial charge in [0.15, 0.2) is 5.15 Å². The van der Waals surface area contributed by atoms with Gasteiger partial charge in [0.2, 0.25) is 0 Å². The summed E-state index contributed by atoms with van der Waals surface area (Å²) in [6.45, 7) is 2.48. The average molecular weight is 438 g/mol. The van der Waals surface area contributed by atoms with Crippen LogP contribution in [-0.2, 0) is 19.6 Å². The van der Waals surface area contributed by atoms with Crippen LogP contribution in [0.1, 0.15) is 47.3 Å². The third kappa shape index (κ3) is 4.09. The lowest BCUT2D eigenvalue weighted by Crippen LogP contribution is -2.10. The Morgan fingerprint density at radius 1 is 1.13 bits per heavy atom. The molecule has 0 amide bonds. The molecule has 2 N–H and O–H groups in total. The van der Waals surface area contributed by atoms with E-state index in [2.05, 4.69) is 11.9 Å². The molecule has 2 aromatic heterocycles. The van der Waals surface area contributed by atoms with Crippen LogP contribution in [0.4, 0.5) is 0 Å². The van der Waals surface area contributed by atoms with Crippen LogP contribution >= 0.6 is 11.6 Å². The second kappa shape index (κ2) is 8.96. The molecule has 0 radical (unpaired) electrons. The van der Waals surface area contributed by atoms with Crippen LogP contribution in [0.3, 0.4) is 0 Å². The summed E-state index contributed by atoms with van der Waals surface area (Å²) in [5, 5.41) is 20.7. The maximum absolute atomic E-state index is 11.8. The van der Waals surface area contributed by atoms with Crippen molar-refractivity contribution in [3.05, 3.63) is 82.5 Å². The number of fused-ring (bicyclic) bond motifs is 1. The summed E-state index contributed by atoms with van der Waals surface area (Å²) in [7, 11) is 0. The number of benzene rings is 2. The normalized spacial score (nSPS) is 11.3. The van der Waals surface area contributed by atoms with Crippen LogP contribution in [0.25, 0.3) is 16.6 Å². The van der Waals surface area contributed by atoms with Crippen LogP contribution in [-0.4, -0.2) is 30.3 Å². The summed E-state index contributed by atoms with van der Waals surface area (Å²) in [6, 6.07) is 17.1. The molecule has 0 fully saturated rings. The van der Waals surface area contributed by atoms with Gasteiger partial charge in [-0.15, -0.1) is 0 Å². The number of aromatic carboxylic acids is 1. The van der Waals surface area contributed by atoms with Gasteiger partial charge in [-0.1, -0.05) is 55.3 Å². The first-order valence-corrected chi connectivity index (χ1v) is 10.7. The van der Waals surface area contributed by atoms with Gasteiger partial charge in [-0.2, -0.15) is 0 Å². The van der Waals surface area contributed by atoms with E-state index < -0.39 is 5.97 Å². The van der Waals surface area contributed by atoms with Crippen LogP contribution in [0.15, 0.2) is 54.6 Å². The highest BCUT2D eigenvalue weighted by atomic mass is 35.5. The Hall–Kier alpha value is -3.09. The molecule has 0 saturated carbocycles. The molecule has 0 aliphatic heterocycles. The molecule has 160 valence electrons. The third-order valence-electron chi connectivity index (χ3n) is 5.47. The van der Waals surface area contributed by atoms with Gasteiger partial charge in [0, 0.05) is 24.0 Å². The van der Waals surface area contributed by atoms with Gasteiger partial charge in [-0.05, 0) is 36.2 Å². The average Bonchev–Trinajstić information content (AvgIpc) is 3.30. The maximum atomic E-state index is 11.8. The lowest BCUT2D eigenvalue weighted by atomic mass is 10.2. The Morgan fingerprint density at radius 3 is 2.55 bits per heavy atom.